The number of amides is 2. The normalized spacial score (nSPS) is 21.8. The molecule has 0 spiro atoms. The third-order valence-electron chi connectivity index (χ3n) is 12.1. The van der Waals surface area contributed by atoms with E-state index in [1.807, 2.05) is 66.7 Å². The molecule has 0 aromatic heterocycles. The Labute approximate surface area is 359 Å². The van der Waals surface area contributed by atoms with E-state index in [1.54, 1.807) is 35.2 Å². The zero-order chi connectivity index (χ0) is 42.3. The standard InChI is InChI=1S/C24H24ClN3O3.C22H23ClN2O4/c25-19-7-3-2-6-18(19)21-9-10-22(24(30)31)28(21)23(29)16-11-13-27(14-12-16)20-8-4-1-5-17(20)15-26;23-18-4-2-1-3-17(18)19-9-10-20(22(27)28)25(19)21(26)15-5-7-16(8-6-15)24-11-13-29-14-12-24/h1-8,16,21-22H,9-14H2,(H,30,31);1-8,19-20H,9-14H2,(H,27,28)/t21-,22+;19-,20+/m11/s1. The number of nitrogens with zero attached hydrogens (tertiary/aromatic N) is 5. The predicted molar refractivity (Wildman–Crippen MR) is 228 cm³/mol. The molecule has 12 nitrogen and oxygen atoms in total. The lowest BCUT2D eigenvalue weighted by Gasteiger charge is -2.37. The number of rotatable bonds is 8. The highest BCUT2D eigenvalue weighted by molar-refractivity contribution is 6.31. The van der Waals surface area contributed by atoms with Gasteiger partial charge in [-0.25, -0.2) is 9.59 Å². The Bertz CT molecular complexity index is 2240. The zero-order valence-electron chi connectivity index (χ0n) is 33.0. The number of carboxylic acid groups (broad SMARTS) is 2. The molecular formula is C46H47Cl2N5O7. The number of carbonyl (C=O) groups is 4. The molecule has 0 saturated carbocycles. The van der Waals surface area contributed by atoms with Gasteiger partial charge < -0.3 is 34.5 Å². The monoisotopic (exact) mass is 851 g/mol. The molecule has 4 atom stereocenters. The minimum absolute atomic E-state index is 0.108. The summed E-state index contributed by atoms with van der Waals surface area (Å²) in [4.78, 5) is 58.0. The van der Waals surface area contributed by atoms with Crippen LogP contribution in [0, 0.1) is 17.2 Å². The molecule has 2 amide bonds. The van der Waals surface area contributed by atoms with Crippen molar-refractivity contribution in [3.05, 3.63) is 129 Å². The summed E-state index contributed by atoms with van der Waals surface area (Å²) in [5.74, 6) is -2.59. The van der Waals surface area contributed by atoms with Gasteiger partial charge in [0.25, 0.3) is 5.91 Å². The van der Waals surface area contributed by atoms with E-state index in [4.69, 9.17) is 27.9 Å². The fourth-order valence-corrected chi connectivity index (χ4v) is 9.53. The van der Waals surface area contributed by atoms with Gasteiger partial charge in [-0.05, 0) is 98.2 Å². The smallest absolute Gasteiger partial charge is 0.326 e. The molecule has 8 rings (SSSR count). The van der Waals surface area contributed by atoms with Gasteiger partial charge >= 0.3 is 11.9 Å². The lowest BCUT2D eigenvalue weighted by atomic mass is 9.93. The highest BCUT2D eigenvalue weighted by Gasteiger charge is 2.45. The number of carbonyl (C=O) groups excluding carboxylic acids is 2. The molecule has 0 radical (unpaired) electrons. The second-order valence-electron chi connectivity index (χ2n) is 15.4. The maximum Gasteiger partial charge on any atom is 0.326 e. The lowest BCUT2D eigenvalue weighted by molar-refractivity contribution is -0.152. The predicted octanol–water partition coefficient (Wildman–Crippen LogP) is 7.85. The average molecular weight is 853 g/mol. The molecule has 312 valence electrons. The van der Waals surface area contributed by atoms with Crippen LogP contribution in [0.4, 0.5) is 11.4 Å². The van der Waals surface area contributed by atoms with Crippen LogP contribution in [0.3, 0.4) is 0 Å². The van der Waals surface area contributed by atoms with E-state index in [9.17, 15) is 34.7 Å². The van der Waals surface area contributed by atoms with Crippen LogP contribution in [0.25, 0.3) is 0 Å². The molecule has 60 heavy (non-hydrogen) atoms. The number of piperidine rings is 1. The molecule has 0 aliphatic carbocycles. The molecular weight excluding hydrogens is 805 g/mol. The van der Waals surface area contributed by atoms with Crippen molar-refractivity contribution in [2.75, 3.05) is 49.2 Å². The summed E-state index contributed by atoms with van der Waals surface area (Å²) in [5, 5.41) is 29.9. The SMILES string of the molecule is N#Cc1ccccc1N1CCC(C(=O)N2[C@@H](c3ccccc3Cl)CC[C@H]2C(=O)O)CC1.O=C(O)[C@@H]1CC[C@H](c2ccccc2Cl)N1C(=O)c1ccc(N2CCOCC2)cc1. The fraction of sp³-hybridized carbons (Fsp3) is 0.370. The number of anilines is 2. The number of para-hydroxylation sites is 1. The molecule has 4 heterocycles. The first-order chi connectivity index (χ1) is 29.1. The number of ether oxygens (including phenoxy) is 1. The highest BCUT2D eigenvalue weighted by Crippen LogP contribution is 2.42. The Hall–Kier alpha value is -5.61. The van der Waals surface area contributed by atoms with Crippen LogP contribution < -0.4 is 9.80 Å². The zero-order valence-corrected chi connectivity index (χ0v) is 34.5. The quantitative estimate of drug-likeness (QED) is 0.179. The Balaban J connectivity index is 0.000000182. The number of carboxylic acids is 2. The molecule has 14 heteroatoms. The van der Waals surface area contributed by atoms with E-state index >= 15 is 0 Å². The van der Waals surface area contributed by atoms with Crippen molar-refractivity contribution in [1.82, 2.24) is 9.80 Å². The molecule has 4 fully saturated rings. The first-order valence-corrected chi connectivity index (χ1v) is 21.1. The summed E-state index contributed by atoms with van der Waals surface area (Å²) in [6, 6.07) is 29.4. The van der Waals surface area contributed by atoms with Gasteiger partial charge in [0, 0.05) is 53.4 Å². The summed E-state index contributed by atoms with van der Waals surface area (Å²) >= 11 is 12.7. The topological polar surface area (TPSA) is 155 Å². The molecule has 4 aliphatic rings. The van der Waals surface area contributed by atoms with Crippen LogP contribution >= 0.6 is 23.2 Å². The molecule has 0 unspecified atom stereocenters. The van der Waals surface area contributed by atoms with E-state index in [0.29, 0.717) is 86.0 Å². The number of hydrogen-bond donors (Lipinski definition) is 2. The van der Waals surface area contributed by atoms with E-state index in [1.165, 1.54) is 4.90 Å². The minimum Gasteiger partial charge on any atom is -0.480 e. The third-order valence-corrected chi connectivity index (χ3v) is 12.7. The Morgan fingerprint density at radius 1 is 0.617 bits per heavy atom. The number of nitriles is 1. The molecule has 0 bridgehead atoms. The van der Waals surface area contributed by atoms with E-state index in [2.05, 4.69) is 15.9 Å². The second kappa shape index (κ2) is 19.2. The van der Waals surface area contributed by atoms with Gasteiger partial charge in [0.2, 0.25) is 5.91 Å². The minimum atomic E-state index is -0.988. The molecule has 4 aromatic carbocycles. The Morgan fingerprint density at radius 3 is 1.68 bits per heavy atom. The van der Waals surface area contributed by atoms with Crippen molar-refractivity contribution in [3.63, 3.8) is 0 Å². The number of benzene rings is 4. The van der Waals surface area contributed by atoms with Gasteiger partial charge in [0.05, 0.1) is 36.5 Å². The van der Waals surface area contributed by atoms with Crippen molar-refractivity contribution in [3.8, 4) is 6.07 Å². The van der Waals surface area contributed by atoms with Crippen molar-refractivity contribution in [1.29, 1.82) is 5.26 Å². The van der Waals surface area contributed by atoms with Crippen LogP contribution in [0.1, 0.15) is 77.7 Å². The van der Waals surface area contributed by atoms with E-state index < -0.39 is 24.0 Å². The van der Waals surface area contributed by atoms with Crippen LogP contribution in [0.5, 0.6) is 0 Å². The summed E-state index contributed by atoms with van der Waals surface area (Å²) in [5.41, 5.74) is 4.61. The van der Waals surface area contributed by atoms with Gasteiger partial charge in [-0.2, -0.15) is 5.26 Å². The fourth-order valence-electron chi connectivity index (χ4n) is 9.01. The van der Waals surface area contributed by atoms with Gasteiger partial charge in [0.1, 0.15) is 18.2 Å². The summed E-state index contributed by atoms with van der Waals surface area (Å²) in [6.45, 7) is 4.31. The summed E-state index contributed by atoms with van der Waals surface area (Å²) in [7, 11) is 0. The molecule has 4 aromatic rings. The van der Waals surface area contributed by atoms with Crippen LogP contribution in [-0.4, -0.2) is 95.2 Å². The Morgan fingerprint density at radius 2 is 1.13 bits per heavy atom. The van der Waals surface area contributed by atoms with Crippen molar-refractivity contribution in [2.45, 2.75) is 62.7 Å². The van der Waals surface area contributed by atoms with Crippen LogP contribution in [0.2, 0.25) is 10.0 Å². The molecule has 2 N–H and O–H groups in total. The second-order valence-corrected chi connectivity index (χ2v) is 16.2. The number of halogens is 2. The van der Waals surface area contributed by atoms with E-state index in [0.717, 1.165) is 35.6 Å². The maximum atomic E-state index is 13.5. The van der Waals surface area contributed by atoms with Crippen molar-refractivity contribution >= 4 is 58.3 Å². The number of likely N-dealkylation sites (tertiary alicyclic amines) is 2. The Kier molecular flexibility index (Phi) is 13.6. The van der Waals surface area contributed by atoms with Gasteiger partial charge in [-0.1, -0.05) is 71.7 Å². The highest BCUT2D eigenvalue weighted by atomic mass is 35.5. The van der Waals surface area contributed by atoms with Gasteiger partial charge in [0.15, 0.2) is 0 Å². The molecule has 4 aliphatic heterocycles. The average Bonchev–Trinajstić information content (AvgIpc) is 3.93. The van der Waals surface area contributed by atoms with E-state index in [-0.39, 0.29) is 29.8 Å². The van der Waals surface area contributed by atoms with Crippen molar-refractivity contribution < 1.29 is 34.1 Å². The third kappa shape index (κ3) is 9.09. The van der Waals surface area contributed by atoms with Crippen molar-refractivity contribution in [2.24, 2.45) is 5.92 Å². The summed E-state index contributed by atoms with van der Waals surface area (Å²) < 4.78 is 5.38. The maximum absolute atomic E-state index is 13.5. The van der Waals surface area contributed by atoms with Crippen LogP contribution in [-0.2, 0) is 19.1 Å². The number of morpholine rings is 1. The van der Waals surface area contributed by atoms with Gasteiger partial charge in [-0.3, -0.25) is 9.59 Å². The molecule has 4 saturated heterocycles. The van der Waals surface area contributed by atoms with Crippen LogP contribution in [0.15, 0.2) is 97.1 Å². The number of aliphatic carboxylic acids is 2. The lowest BCUT2D eigenvalue weighted by Crippen LogP contribution is -2.47. The van der Waals surface area contributed by atoms with Gasteiger partial charge in [-0.15, -0.1) is 0 Å². The largest absolute Gasteiger partial charge is 0.480 e. The summed E-state index contributed by atoms with van der Waals surface area (Å²) in [6.07, 6.45) is 3.22. The first-order valence-electron chi connectivity index (χ1n) is 20.3. The number of hydrogen-bond acceptors (Lipinski definition) is 8. The first kappa shape index (κ1) is 42.5.